The molecule has 0 saturated carbocycles. The number of benzene rings is 2. The topological polar surface area (TPSA) is 85.5 Å². The Balaban J connectivity index is 1.57. The number of halogens is 1. The maximum atomic E-state index is 13.5. The summed E-state index contributed by atoms with van der Waals surface area (Å²) < 4.78 is 51.3. The van der Waals surface area contributed by atoms with Crippen molar-refractivity contribution in [2.24, 2.45) is 0 Å². The molecule has 2 aromatic carbocycles. The molecule has 146 valence electrons. The fourth-order valence-corrected chi connectivity index (χ4v) is 4.53. The van der Waals surface area contributed by atoms with Crippen molar-refractivity contribution in [1.29, 1.82) is 0 Å². The molecule has 1 atom stereocenters. The predicted octanol–water partition coefficient (Wildman–Crippen LogP) is 2.95. The summed E-state index contributed by atoms with van der Waals surface area (Å²) in [5.74, 6) is 0.0184. The molecule has 0 aliphatic carbocycles. The van der Waals surface area contributed by atoms with Gasteiger partial charge in [-0.25, -0.2) is 12.8 Å². The van der Waals surface area contributed by atoms with Gasteiger partial charge in [0.05, 0.1) is 11.5 Å². The van der Waals surface area contributed by atoms with E-state index >= 15 is 0 Å². The third-order valence-corrected chi connectivity index (χ3v) is 6.43. The van der Waals surface area contributed by atoms with Crippen LogP contribution in [0.25, 0.3) is 11.4 Å². The van der Waals surface area contributed by atoms with E-state index in [9.17, 15) is 12.8 Å². The van der Waals surface area contributed by atoms with E-state index in [0.717, 1.165) is 17.2 Å². The zero-order valence-corrected chi connectivity index (χ0v) is 15.9. The summed E-state index contributed by atoms with van der Waals surface area (Å²) in [4.78, 5) is 4.29. The highest BCUT2D eigenvalue weighted by Crippen LogP contribution is 2.28. The summed E-state index contributed by atoms with van der Waals surface area (Å²) in [6.45, 7) is 2.28. The smallest absolute Gasteiger partial charge is 0.257 e. The molecule has 0 bridgehead atoms. The number of morpholine rings is 1. The van der Waals surface area contributed by atoms with Crippen molar-refractivity contribution < 1.29 is 22.1 Å². The van der Waals surface area contributed by atoms with Gasteiger partial charge in [0.2, 0.25) is 15.8 Å². The predicted molar refractivity (Wildman–Crippen MR) is 98.3 cm³/mol. The van der Waals surface area contributed by atoms with Crippen molar-refractivity contribution >= 4 is 10.0 Å². The molecular weight excluding hydrogens is 385 g/mol. The third kappa shape index (κ3) is 3.56. The Morgan fingerprint density at radius 1 is 1.18 bits per heavy atom. The Hall–Kier alpha value is -2.62. The first kappa shape index (κ1) is 18.7. The second-order valence-corrected chi connectivity index (χ2v) is 8.39. The number of aromatic nitrogens is 2. The van der Waals surface area contributed by atoms with Crippen molar-refractivity contribution in [3.63, 3.8) is 0 Å². The van der Waals surface area contributed by atoms with Gasteiger partial charge in [0.25, 0.3) is 5.89 Å². The van der Waals surface area contributed by atoms with Gasteiger partial charge < -0.3 is 9.26 Å². The van der Waals surface area contributed by atoms with Crippen LogP contribution < -0.4 is 0 Å². The second kappa shape index (κ2) is 7.42. The molecular formula is C19H18FN3O4S. The molecule has 0 unspecified atom stereocenters. The first-order chi connectivity index (χ1) is 13.4. The fraction of sp³-hybridized carbons (Fsp3) is 0.263. The van der Waals surface area contributed by atoms with E-state index in [1.165, 1.54) is 22.5 Å². The van der Waals surface area contributed by atoms with Crippen molar-refractivity contribution in [3.8, 4) is 11.4 Å². The van der Waals surface area contributed by atoms with Crippen LogP contribution in [0.15, 0.2) is 57.9 Å². The lowest BCUT2D eigenvalue weighted by atomic mass is 10.1. The van der Waals surface area contributed by atoms with Gasteiger partial charge in [0, 0.05) is 18.7 Å². The zero-order chi connectivity index (χ0) is 19.7. The lowest BCUT2D eigenvalue weighted by molar-refractivity contribution is -0.0199. The molecule has 9 heteroatoms. The van der Waals surface area contributed by atoms with Gasteiger partial charge >= 0.3 is 0 Å². The lowest BCUT2D eigenvalue weighted by Crippen LogP contribution is -2.42. The molecule has 0 amide bonds. The molecule has 0 radical (unpaired) electrons. The van der Waals surface area contributed by atoms with Gasteiger partial charge in [-0.15, -0.1) is 0 Å². The average Bonchev–Trinajstić information content (AvgIpc) is 3.18. The first-order valence-electron chi connectivity index (χ1n) is 8.72. The minimum absolute atomic E-state index is 0.00819. The summed E-state index contributed by atoms with van der Waals surface area (Å²) in [6.07, 6.45) is -0.692. The average molecular weight is 403 g/mol. The van der Waals surface area contributed by atoms with Crippen LogP contribution in [0.1, 0.15) is 17.6 Å². The maximum Gasteiger partial charge on any atom is 0.257 e. The Labute approximate surface area is 161 Å². The van der Waals surface area contributed by atoms with E-state index in [1.54, 1.807) is 0 Å². The number of aryl methyl sites for hydroxylation is 1. The molecule has 3 aromatic rings. The third-order valence-electron chi connectivity index (χ3n) is 4.57. The number of rotatable bonds is 4. The highest BCUT2D eigenvalue weighted by Gasteiger charge is 2.34. The van der Waals surface area contributed by atoms with Crippen LogP contribution in [-0.2, 0) is 14.8 Å². The Morgan fingerprint density at radius 2 is 2.00 bits per heavy atom. The lowest BCUT2D eigenvalue weighted by Gasteiger charge is -2.30. The van der Waals surface area contributed by atoms with Crippen LogP contribution in [0.5, 0.6) is 0 Å². The quantitative estimate of drug-likeness (QED) is 0.666. The van der Waals surface area contributed by atoms with Crippen molar-refractivity contribution in [2.75, 3.05) is 19.7 Å². The fourth-order valence-electron chi connectivity index (χ4n) is 3.07. The van der Waals surface area contributed by atoms with Gasteiger partial charge in [-0.05, 0) is 30.7 Å². The molecule has 2 heterocycles. The molecule has 28 heavy (non-hydrogen) atoms. The van der Waals surface area contributed by atoms with Gasteiger partial charge in [-0.1, -0.05) is 35.5 Å². The molecule has 1 aromatic heterocycles. The van der Waals surface area contributed by atoms with E-state index in [0.29, 0.717) is 5.82 Å². The summed E-state index contributed by atoms with van der Waals surface area (Å²) in [5.41, 5.74) is 1.83. The Kier molecular flexibility index (Phi) is 4.96. The molecule has 0 N–H and O–H groups in total. The van der Waals surface area contributed by atoms with E-state index < -0.39 is 21.9 Å². The Morgan fingerprint density at radius 3 is 2.79 bits per heavy atom. The van der Waals surface area contributed by atoms with E-state index in [4.69, 9.17) is 9.26 Å². The number of nitrogens with zero attached hydrogens (tertiary/aromatic N) is 3. The minimum Gasteiger partial charge on any atom is -0.366 e. The van der Waals surface area contributed by atoms with Crippen LogP contribution in [0.3, 0.4) is 0 Å². The molecule has 7 nitrogen and oxygen atoms in total. The first-order valence-corrected chi connectivity index (χ1v) is 10.2. The Bertz CT molecular complexity index is 1100. The van der Waals surface area contributed by atoms with E-state index in [-0.39, 0.29) is 30.5 Å². The molecule has 1 aliphatic rings. The monoisotopic (exact) mass is 403 g/mol. The minimum atomic E-state index is -3.85. The van der Waals surface area contributed by atoms with Crippen LogP contribution in [0, 0.1) is 12.7 Å². The number of hydrogen-bond donors (Lipinski definition) is 0. The molecule has 1 saturated heterocycles. The molecule has 4 rings (SSSR count). The number of ether oxygens (including phenoxy) is 1. The van der Waals surface area contributed by atoms with E-state index in [1.807, 2.05) is 31.2 Å². The van der Waals surface area contributed by atoms with E-state index in [2.05, 4.69) is 10.1 Å². The number of hydrogen-bond acceptors (Lipinski definition) is 6. The second-order valence-electron chi connectivity index (χ2n) is 6.45. The van der Waals surface area contributed by atoms with Crippen molar-refractivity contribution in [2.45, 2.75) is 17.9 Å². The zero-order valence-electron chi connectivity index (χ0n) is 15.1. The summed E-state index contributed by atoms with van der Waals surface area (Å²) >= 11 is 0. The molecule has 1 fully saturated rings. The highest BCUT2D eigenvalue weighted by atomic mass is 32.2. The van der Waals surface area contributed by atoms with Gasteiger partial charge in [0.1, 0.15) is 5.82 Å². The molecule has 0 spiro atoms. The van der Waals surface area contributed by atoms with Gasteiger partial charge in [0.15, 0.2) is 6.10 Å². The van der Waals surface area contributed by atoms with Crippen LogP contribution >= 0.6 is 0 Å². The highest BCUT2D eigenvalue weighted by molar-refractivity contribution is 7.89. The van der Waals surface area contributed by atoms with Gasteiger partial charge in [-0.3, -0.25) is 0 Å². The summed E-state index contributed by atoms with van der Waals surface area (Å²) in [5, 5.41) is 4.00. The molecule has 1 aliphatic heterocycles. The van der Waals surface area contributed by atoms with Gasteiger partial charge in [-0.2, -0.15) is 9.29 Å². The summed E-state index contributed by atoms with van der Waals surface area (Å²) in [6, 6.07) is 12.6. The normalized spacial score (nSPS) is 18.3. The van der Waals surface area contributed by atoms with Crippen LogP contribution in [0.2, 0.25) is 0 Å². The summed E-state index contributed by atoms with van der Waals surface area (Å²) in [7, 11) is -3.85. The van der Waals surface area contributed by atoms with Crippen molar-refractivity contribution in [1.82, 2.24) is 14.4 Å². The van der Waals surface area contributed by atoms with Crippen LogP contribution in [-0.4, -0.2) is 42.6 Å². The number of sulfonamides is 1. The van der Waals surface area contributed by atoms with Crippen molar-refractivity contribution in [3.05, 3.63) is 65.8 Å². The SMILES string of the molecule is Cc1ccccc1-c1noc([C@@H]2CN(S(=O)(=O)c3cccc(F)c3)CCO2)n1. The van der Waals surface area contributed by atoms with Crippen LogP contribution in [0.4, 0.5) is 4.39 Å². The maximum absolute atomic E-state index is 13.5. The largest absolute Gasteiger partial charge is 0.366 e. The standard InChI is InChI=1S/C19H18FN3O4S/c1-13-5-2-3-8-16(13)18-21-19(27-22-18)17-12-23(9-10-26-17)28(24,25)15-7-4-6-14(20)11-15/h2-8,11,17H,9-10,12H2,1H3/t17-/m0/s1.